The monoisotopic (exact) mass is 577 g/mol. The Bertz CT molecular complexity index is 1400. The SMILES string of the molecule is C[C@H]([C@H](CCc1ccccc1)c1ccc(Oc2ccccc2)cc1)N(CC(=O)O)C(=O)C1(C(=O)O)OC[C@H](C(=O)O)O1. The van der Waals surface area contributed by atoms with E-state index >= 15 is 0 Å². The molecule has 1 aliphatic rings. The third-order valence-electron chi connectivity index (χ3n) is 7.10. The number of hydrogen-bond acceptors (Lipinski definition) is 7. The number of ether oxygens (including phenoxy) is 3. The standard InChI is InChI=1S/C31H31NO10/c1-20(32(18-27(33)34)29(37)31(30(38)39)40-19-26(42-31)28(35)36)25(17-12-21-8-4-2-5-9-21)22-13-15-24(16-14-22)41-23-10-6-3-7-11-23/h2-11,13-16,20,25-26H,12,17-19H2,1H3,(H,33,34)(H,35,36)(H,38,39)/t20-,25+,26-,31?/m1/s1. The number of amides is 1. The Morgan fingerprint density at radius 2 is 1.50 bits per heavy atom. The van der Waals surface area contributed by atoms with Gasteiger partial charge < -0.3 is 34.4 Å². The average Bonchev–Trinajstić information content (AvgIpc) is 3.45. The van der Waals surface area contributed by atoms with Crippen molar-refractivity contribution in [2.45, 2.75) is 43.6 Å². The van der Waals surface area contributed by atoms with E-state index in [2.05, 4.69) is 0 Å². The topological polar surface area (TPSA) is 160 Å². The van der Waals surface area contributed by atoms with Gasteiger partial charge in [0, 0.05) is 12.0 Å². The lowest BCUT2D eigenvalue weighted by molar-refractivity contribution is -0.216. The molecule has 1 fully saturated rings. The molecule has 4 atom stereocenters. The normalized spacial score (nSPS) is 19.4. The molecule has 11 heteroatoms. The van der Waals surface area contributed by atoms with Gasteiger partial charge in [0.15, 0.2) is 6.10 Å². The van der Waals surface area contributed by atoms with Crippen LogP contribution in [0.1, 0.15) is 30.4 Å². The minimum absolute atomic E-state index is 0.465. The smallest absolute Gasteiger partial charge is 0.375 e. The lowest BCUT2D eigenvalue weighted by atomic mass is 9.85. The van der Waals surface area contributed by atoms with Crippen molar-refractivity contribution in [3.8, 4) is 11.5 Å². The molecular formula is C31H31NO10. The van der Waals surface area contributed by atoms with Crippen molar-refractivity contribution in [1.82, 2.24) is 4.90 Å². The van der Waals surface area contributed by atoms with E-state index in [1.54, 1.807) is 19.1 Å². The van der Waals surface area contributed by atoms with E-state index in [9.17, 15) is 34.5 Å². The Labute approximate surface area is 241 Å². The Morgan fingerprint density at radius 3 is 2.05 bits per heavy atom. The third kappa shape index (κ3) is 6.93. The lowest BCUT2D eigenvalue weighted by Gasteiger charge is -2.37. The van der Waals surface area contributed by atoms with Crippen LogP contribution in [-0.4, -0.2) is 75.1 Å². The number of aliphatic carboxylic acids is 3. The molecule has 0 aromatic heterocycles. The summed E-state index contributed by atoms with van der Waals surface area (Å²) >= 11 is 0. The number of carboxylic acids is 3. The molecular weight excluding hydrogens is 546 g/mol. The van der Waals surface area contributed by atoms with Crippen LogP contribution in [0, 0.1) is 0 Å². The number of hydrogen-bond donors (Lipinski definition) is 3. The van der Waals surface area contributed by atoms with Crippen LogP contribution in [-0.2, 0) is 35.1 Å². The van der Waals surface area contributed by atoms with E-state index in [0.717, 1.165) is 16.0 Å². The quantitative estimate of drug-likeness (QED) is 0.255. The van der Waals surface area contributed by atoms with Crippen molar-refractivity contribution >= 4 is 23.8 Å². The van der Waals surface area contributed by atoms with Crippen LogP contribution in [0.25, 0.3) is 0 Å². The van der Waals surface area contributed by atoms with Crippen LogP contribution in [0.5, 0.6) is 11.5 Å². The summed E-state index contributed by atoms with van der Waals surface area (Å²) in [7, 11) is 0. The maximum Gasteiger partial charge on any atom is 0.375 e. The largest absolute Gasteiger partial charge is 0.480 e. The summed E-state index contributed by atoms with van der Waals surface area (Å²) in [4.78, 5) is 50.2. The molecule has 1 amide bonds. The Balaban J connectivity index is 1.67. The zero-order valence-corrected chi connectivity index (χ0v) is 22.8. The van der Waals surface area contributed by atoms with Gasteiger partial charge in [-0.05, 0) is 55.2 Å². The number of carbonyl (C=O) groups excluding carboxylic acids is 1. The van der Waals surface area contributed by atoms with Crippen molar-refractivity contribution in [1.29, 1.82) is 0 Å². The summed E-state index contributed by atoms with van der Waals surface area (Å²) in [5.41, 5.74) is 1.77. The third-order valence-corrected chi connectivity index (χ3v) is 7.10. The van der Waals surface area contributed by atoms with Gasteiger partial charge in [0.25, 0.3) is 5.91 Å². The van der Waals surface area contributed by atoms with E-state index in [4.69, 9.17) is 14.2 Å². The first-order chi connectivity index (χ1) is 20.1. The molecule has 0 aliphatic carbocycles. The van der Waals surface area contributed by atoms with E-state index in [1.807, 2.05) is 72.8 Å². The maximum absolute atomic E-state index is 13.7. The molecule has 4 rings (SSSR count). The minimum atomic E-state index is -3.00. The van der Waals surface area contributed by atoms with Gasteiger partial charge in [0.05, 0.1) is 6.61 Å². The maximum atomic E-state index is 13.7. The summed E-state index contributed by atoms with van der Waals surface area (Å²) in [6.45, 7) is 0.0591. The van der Waals surface area contributed by atoms with Gasteiger partial charge in [0.2, 0.25) is 0 Å². The summed E-state index contributed by atoms with van der Waals surface area (Å²) in [6.07, 6.45) is -0.670. The van der Waals surface area contributed by atoms with Gasteiger partial charge in [-0.2, -0.15) is 0 Å². The number of carboxylic acid groups (broad SMARTS) is 3. The molecule has 0 radical (unpaired) electrons. The second-order valence-electron chi connectivity index (χ2n) is 9.86. The highest BCUT2D eigenvalue weighted by Crippen LogP contribution is 2.34. The first-order valence-corrected chi connectivity index (χ1v) is 13.3. The fourth-order valence-corrected chi connectivity index (χ4v) is 4.91. The Morgan fingerprint density at radius 1 is 0.905 bits per heavy atom. The molecule has 3 aromatic rings. The molecule has 1 unspecified atom stereocenters. The zero-order valence-electron chi connectivity index (χ0n) is 22.8. The Kier molecular flexibility index (Phi) is 9.56. The van der Waals surface area contributed by atoms with Crippen molar-refractivity contribution in [2.24, 2.45) is 0 Å². The number of carbonyl (C=O) groups is 4. The van der Waals surface area contributed by atoms with E-state index in [0.29, 0.717) is 24.3 Å². The fourth-order valence-electron chi connectivity index (χ4n) is 4.91. The zero-order chi connectivity index (χ0) is 30.3. The molecule has 1 aliphatic heterocycles. The van der Waals surface area contributed by atoms with Crippen LogP contribution >= 0.6 is 0 Å². The first kappa shape index (κ1) is 30.2. The highest BCUT2D eigenvalue weighted by molar-refractivity contribution is 6.05. The van der Waals surface area contributed by atoms with Gasteiger partial charge in [0.1, 0.15) is 18.0 Å². The lowest BCUT2D eigenvalue weighted by Crippen LogP contribution is -2.59. The van der Waals surface area contributed by atoms with Gasteiger partial charge in [-0.3, -0.25) is 9.59 Å². The highest BCUT2D eigenvalue weighted by atomic mass is 16.8. The van der Waals surface area contributed by atoms with Gasteiger partial charge >= 0.3 is 23.7 Å². The summed E-state index contributed by atoms with van der Waals surface area (Å²) < 4.78 is 16.1. The predicted octanol–water partition coefficient (Wildman–Crippen LogP) is 3.78. The predicted molar refractivity (Wildman–Crippen MR) is 148 cm³/mol. The molecule has 1 heterocycles. The summed E-state index contributed by atoms with van der Waals surface area (Å²) in [5.74, 6) is -8.34. The van der Waals surface area contributed by atoms with Gasteiger partial charge in [-0.25, -0.2) is 9.59 Å². The molecule has 220 valence electrons. The van der Waals surface area contributed by atoms with Crippen molar-refractivity contribution < 1.29 is 48.7 Å². The molecule has 1 saturated heterocycles. The number of benzene rings is 3. The minimum Gasteiger partial charge on any atom is -0.480 e. The van der Waals surface area contributed by atoms with Crippen LogP contribution in [0.3, 0.4) is 0 Å². The Hall–Kier alpha value is -4.74. The number of para-hydroxylation sites is 1. The molecule has 0 spiro atoms. The number of rotatable bonds is 13. The average molecular weight is 578 g/mol. The van der Waals surface area contributed by atoms with Crippen LogP contribution < -0.4 is 4.74 Å². The van der Waals surface area contributed by atoms with E-state index in [1.165, 1.54) is 0 Å². The fraction of sp³-hybridized carbons (Fsp3) is 0.290. The highest BCUT2D eigenvalue weighted by Gasteiger charge is 2.59. The number of nitrogens with zero attached hydrogens (tertiary/aromatic N) is 1. The summed E-state index contributed by atoms with van der Waals surface area (Å²) in [6, 6.07) is 25.0. The van der Waals surface area contributed by atoms with Crippen molar-refractivity contribution in [2.75, 3.05) is 13.2 Å². The first-order valence-electron chi connectivity index (χ1n) is 13.3. The summed E-state index contributed by atoms with van der Waals surface area (Å²) in [5, 5.41) is 28.9. The number of aryl methyl sites for hydroxylation is 1. The van der Waals surface area contributed by atoms with Crippen LogP contribution in [0.4, 0.5) is 0 Å². The van der Waals surface area contributed by atoms with Crippen molar-refractivity contribution in [3.05, 3.63) is 96.1 Å². The van der Waals surface area contributed by atoms with Crippen LogP contribution in [0.2, 0.25) is 0 Å². The molecule has 0 saturated carbocycles. The van der Waals surface area contributed by atoms with Crippen molar-refractivity contribution in [3.63, 3.8) is 0 Å². The molecule has 42 heavy (non-hydrogen) atoms. The van der Waals surface area contributed by atoms with Gasteiger partial charge in [-0.1, -0.05) is 60.7 Å². The van der Waals surface area contributed by atoms with E-state index < -0.39 is 60.8 Å². The second kappa shape index (κ2) is 13.3. The van der Waals surface area contributed by atoms with E-state index in [-0.39, 0.29) is 0 Å². The molecule has 0 bridgehead atoms. The molecule has 3 aromatic carbocycles. The molecule has 11 nitrogen and oxygen atoms in total. The second-order valence-corrected chi connectivity index (χ2v) is 9.86. The van der Waals surface area contributed by atoms with Crippen LogP contribution in [0.15, 0.2) is 84.9 Å². The molecule has 3 N–H and O–H groups in total. The van der Waals surface area contributed by atoms with Gasteiger partial charge in [-0.15, -0.1) is 0 Å².